The zero-order valence-electron chi connectivity index (χ0n) is 11.2. The Hall–Kier alpha value is -1.19. The van der Waals surface area contributed by atoms with Crippen molar-refractivity contribution in [3.63, 3.8) is 0 Å². The normalized spacial score (nSPS) is 10.9. The minimum Gasteiger partial charge on any atom is -0.342 e. The van der Waals surface area contributed by atoms with Crippen molar-refractivity contribution < 1.29 is 0 Å². The maximum Gasteiger partial charge on any atom is 0.110 e. The van der Waals surface area contributed by atoms with Gasteiger partial charge in [0, 0.05) is 22.0 Å². The Morgan fingerprint density at radius 1 is 0.955 bits per heavy atom. The molecule has 0 saturated heterocycles. The highest BCUT2D eigenvalue weighted by Crippen LogP contribution is 2.32. The number of nitrogens with one attached hydrogen (secondary N) is 1. The molecule has 0 saturated carbocycles. The minimum absolute atomic E-state index is 0.500. The van der Waals surface area contributed by atoms with Crippen molar-refractivity contribution >= 4 is 46.4 Å². The zero-order valence-corrected chi connectivity index (χ0v) is 14.2. The average Bonchev–Trinajstić information content (AvgIpc) is 2.94. The van der Waals surface area contributed by atoms with E-state index in [1.807, 2.05) is 18.2 Å². The van der Waals surface area contributed by atoms with E-state index in [0.29, 0.717) is 26.5 Å². The SMILES string of the molecule is Clc1ccc(Cl)c(Cc2ncc(-c3cccc(Cl)c3Cl)[nH]2)c1. The molecule has 0 spiro atoms. The largest absolute Gasteiger partial charge is 0.342 e. The van der Waals surface area contributed by atoms with Crippen LogP contribution in [0.15, 0.2) is 42.6 Å². The van der Waals surface area contributed by atoms with Gasteiger partial charge in [0.05, 0.1) is 21.9 Å². The highest BCUT2D eigenvalue weighted by atomic mass is 35.5. The predicted molar refractivity (Wildman–Crippen MR) is 93.3 cm³/mol. The third-order valence-corrected chi connectivity index (χ3v) is 4.66. The summed E-state index contributed by atoms with van der Waals surface area (Å²) in [6.45, 7) is 0. The van der Waals surface area contributed by atoms with Gasteiger partial charge in [-0.3, -0.25) is 0 Å². The van der Waals surface area contributed by atoms with Crippen molar-refractivity contribution in [2.75, 3.05) is 0 Å². The number of aromatic amines is 1. The number of halogens is 4. The first-order valence-corrected chi connectivity index (χ1v) is 7.98. The fourth-order valence-corrected chi connectivity index (χ4v) is 2.94. The molecule has 1 aromatic heterocycles. The molecule has 0 unspecified atom stereocenters. The van der Waals surface area contributed by atoms with E-state index in [1.165, 1.54) is 0 Å². The van der Waals surface area contributed by atoms with E-state index in [2.05, 4.69) is 9.97 Å². The van der Waals surface area contributed by atoms with Crippen LogP contribution in [0.3, 0.4) is 0 Å². The van der Waals surface area contributed by atoms with Crippen molar-refractivity contribution in [3.05, 3.63) is 74.1 Å². The van der Waals surface area contributed by atoms with Crippen LogP contribution in [-0.2, 0) is 6.42 Å². The van der Waals surface area contributed by atoms with Gasteiger partial charge in [-0.05, 0) is 29.8 Å². The molecule has 3 aromatic rings. The molecule has 6 heteroatoms. The van der Waals surface area contributed by atoms with Crippen LogP contribution in [0.2, 0.25) is 20.1 Å². The van der Waals surface area contributed by atoms with Gasteiger partial charge < -0.3 is 4.98 Å². The molecule has 2 nitrogen and oxygen atoms in total. The number of hydrogen-bond donors (Lipinski definition) is 1. The smallest absolute Gasteiger partial charge is 0.110 e. The minimum atomic E-state index is 0.500. The first kappa shape index (κ1) is 15.7. The van der Waals surface area contributed by atoms with E-state index in [0.717, 1.165) is 22.6 Å². The second-order valence-electron chi connectivity index (χ2n) is 4.76. The second kappa shape index (κ2) is 6.51. The average molecular weight is 372 g/mol. The number of H-pyrrole nitrogens is 1. The monoisotopic (exact) mass is 370 g/mol. The molecule has 1 heterocycles. The summed E-state index contributed by atoms with van der Waals surface area (Å²) in [5.74, 6) is 0.773. The van der Waals surface area contributed by atoms with E-state index >= 15 is 0 Å². The van der Waals surface area contributed by atoms with Crippen molar-refractivity contribution in [1.29, 1.82) is 0 Å². The van der Waals surface area contributed by atoms with Gasteiger partial charge in [0.1, 0.15) is 5.82 Å². The van der Waals surface area contributed by atoms with Crippen LogP contribution < -0.4 is 0 Å². The van der Waals surface area contributed by atoms with Gasteiger partial charge in [0.2, 0.25) is 0 Å². The maximum absolute atomic E-state index is 6.22. The van der Waals surface area contributed by atoms with E-state index in [-0.39, 0.29) is 0 Å². The lowest BCUT2D eigenvalue weighted by atomic mass is 10.1. The molecule has 0 aliphatic rings. The molecule has 0 fully saturated rings. The number of nitrogens with zero attached hydrogens (tertiary/aromatic N) is 1. The fraction of sp³-hybridized carbons (Fsp3) is 0.0625. The van der Waals surface area contributed by atoms with Crippen molar-refractivity contribution in [2.45, 2.75) is 6.42 Å². The van der Waals surface area contributed by atoms with Gasteiger partial charge in [-0.2, -0.15) is 0 Å². The Morgan fingerprint density at radius 3 is 2.59 bits per heavy atom. The quantitative estimate of drug-likeness (QED) is 0.576. The Kier molecular flexibility index (Phi) is 4.65. The van der Waals surface area contributed by atoms with Crippen LogP contribution in [0.5, 0.6) is 0 Å². The summed E-state index contributed by atoms with van der Waals surface area (Å²) in [5, 5.41) is 2.31. The molecule has 0 radical (unpaired) electrons. The summed E-state index contributed by atoms with van der Waals surface area (Å²) in [6.07, 6.45) is 2.28. The van der Waals surface area contributed by atoms with Crippen LogP contribution in [0.4, 0.5) is 0 Å². The summed E-state index contributed by atoms with van der Waals surface area (Å²) >= 11 is 24.4. The lowest BCUT2D eigenvalue weighted by Gasteiger charge is -2.04. The molecule has 22 heavy (non-hydrogen) atoms. The summed E-state index contributed by atoms with van der Waals surface area (Å²) in [7, 11) is 0. The van der Waals surface area contributed by atoms with Gasteiger partial charge >= 0.3 is 0 Å². The van der Waals surface area contributed by atoms with Crippen LogP contribution >= 0.6 is 46.4 Å². The number of benzene rings is 2. The van der Waals surface area contributed by atoms with Crippen LogP contribution in [-0.4, -0.2) is 9.97 Å². The lowest BCUT2D eigenvalue weighted by Crippen LogP contribution is -1.92. The van der Waals surface area contributed by atoms with Gasteiger partial charge in [-0.1, -0.05) is 58.5 Å². The first-order valence-electron chi connectivity index (χ1n) is 6.47. The summed E-state index contributed by atoms with van der Waals surface area (Å²) in [4.78, 5) is 7.61. The van der Waals surface area contributed by atoms with Crippen LogP contribution in [0.25, 0.3) is 11.3 Å². The highest BCUT2D eigenvalue weighted by Gasteiger charge is 2.11. The Labute approximate surface area is 148 Å². The number of imidazole rings is 1. The third kappa shape index (κ3) is 3.26. The Balaban J connectivity index is 1.91. The molecular formula is C16H10Cl4N2. The molecule has 112 valence electrons. The molecular weight excluding hydrogens is 362 g/mol. The van der Waals surface area contributed by atoms with Crippen molar-refractivity contribution in [3.8, 4) is 11.3 Å². The zero-order chi connectivity index (χ0) is 15.7. The van der Waals surface area contributed by atoms with E-state index < -0.39 is 0 Å². The fourth-order valence-electron chi connectivity index (χ4n) is 2.16. The van der Waals surface area contributed by atoms with Gasteiger partial charge in [0.15, 0.2) is 0 Å². The van der Waals surface area contributed by atoms with E-state index in [4.69, 9.17) is 46.4 Å². The second-order valence-corrected chi connectivity index (χ2v) is 6.39. The van der Waals surface area contributed by atoms with Crippen molar-refractivity contribution in [2.24, 2.45) is 0 Å². The Morgan fingerprint density at radius 2 is 1.77 bits per heavy atom. The summed E-state index contributed by atoms with van der Waals surface area (Å²) < 4.78 is 0. The molecule has 0 aliphatic carbocycles. The summed E-state index contributed by atoms with van der Waals surface area (Å²) in [5.41, 5.74) is 2.53. The number of hydrogen-bond acceptors (Lipinski definition) is 1. The van der Waals surface area contributed by atoms with Gasteiger partial charge in [-0.25, -0.2) is 4.98 Å². The van der Waals surface area contributed by atoms with E-state index in [9.17, 15) is 0 Å². The topological polar surface area (TPSA) is 28.7 Å². The first-order chi connectivity index (χ1) is 10.5. The summed E-state index contributed by atoms with van der Waals surface area (Å²) in [6, 6.07) is 10.8. The standard InChI is InChI=1S/C16H10Cl4N2/c17-10-4-5-12(18)9(6-10)7-15-21-8-14(22-15)11-2-1-3-13(19)16(11)20/h1-6,8H,7H2,(H,21,22). The molecule has 0 aliphatic heterocycles. The van der Waals surface area contributed by atoms with Crippen molar-refractivity contribution in [1.82, 2.24) is 9.97 Å². The van der Waals surface area contributed by atoms with E-state index in [1.54, 1.807) is 24.4 Å². The molecule has 3 rings (SSSR count). The predicted octanol–water partition coefficient (Wildman–Crippen LogP) is 6.28. The van der Waals surface area contributed by atoms with Gasteiger partial charge in [-0.15, -0.1) is 0 Å². The molecule has 1 N–H and O–H groups in total. The highest BCUT2D eigenvalue weighted by molar-refractivity contribution is 6.43. The number of aromatic nitrogens is 2. The molecule has 2 aromatic carbocycles. The number of rotatable bonds is 3. The van der Waals surface area contributed by atoms with Crippen LogP contribution in [0, 0.1) is 0 Å². The lowest BCUT2D eigenvalue weighted by molar-refractivity contribution is 1.03. The third-order valence-electron chi connectivity index (χ3n) is 3.24. The van der Waals surface area contributed by atoms with Gasteiger partial charge in [0.25, 0.3) is 0 Å². The van der Waals surface area contributed by atoms with Crippen LogP contribution in [0.1, 0.15) is 11.4 Å². The molecule has 0 bridgehead atoms. The molecule has 0 atom stereocenters. The Bertz CT molecular complexity index is 827. The molecule has 0 amide bonds. The maximum atomic E-state index is 6.22.